The second-order valence-electron chi connectivity index (χ2n) is 4.40. The molecule has 0 saturated carbocycles. The fourth-order valence-electron chi connectivity index (χ4n) is 1.38. The number of hydrogen-bond acceptors (Lipinski definition) is 2. The number of thiol groups is 1. The van der Waals surface area contributed by atoms with Crippen molar-refractivity contribution in [3.8, 4) is 0 Å². The van der Waals surface area contributed by atoms with Gasteiger partial charge in [-0.1, -0.05) is 20.8 Å². The van der Waals surface area contributed by atoms with Crippen LogP contribution in [0, 0.1) is 5.41 Å². The fraction of sp³-hybridized carbons (Fsp3) is 1.00. The van der Waals surface area contributed by atoms with E-state index < -0.39 is 0 Å². The third-order valence-electron chi connectivity index (χ3n) is 2.22. The average Bonchev–Trinajstić information content (AvgIpc) is 1.86. The summed E-state index contributed by atoms with van der Waals surface area (Å²) in [5.41, 5.74) is 0.279. The van der Waals surface area contributed by atoms with Gasteiger partial charge in [-0.3, -0.25) is 0 Å². The minimum absolute atomic E-state index is 0.279. The van der Waals surface area contributed by atoms with E-state index in [-0.39, 0.29) is 5.41 Å². The number of ether oxygens (including phenoxy) is 1. The minimum atomic E-state index is 0.279. The second-order valence-corrected chi connectivity index (χ2v) is 5.13. The summed E-state index contributed by atoms with van der Waals surface area (Å²) in [6.07, 6.45) is 2.61. The van der Waals surface area contributed by atoms with E-state index >= 15 is 0 Å². The van der Waals surface area contributed by atoms with Crippen LogP contribution < -0.4 is 0 Å². The third kappa shape index (κ3) is 2.68. The van der Waals surface area contributed by atoms with Crippen LogP contribution in [0.15, 0.2) is 0 Å². The van der Waals surface area contributed by atoms with E-state index in [0.29, 0.717) is 11.4 Å². The number of rotatable bonds is 0. The van der Waals surface area contributed by atoms with E-state index in [1.807, 2.05) is 0 Å². The highest BCUT2D eigenvalue weighted by molar-refractivity contribution is 7.80. The first kappa shape index (κ1) is 9.40. The van der Waals surface area contributed by atoms with Gasteiger partial charge in [-0.05, 0) is 18.3 Å². The van der Waals surface area contributed by atoms with Crippen molar-refractivity contribution in [3.05, 3.63) is 0 Å². The molecule has 0 aliphatic carbocycles. The molecular weight excluding hydrogens is 156 g/mol. The summed E-state index contributed by atoms with van der Waals surface area (Å²) in [6, 6.07) is 0. The van der Waals surface area contributed by atoms with Crippen molar-refractivity contribution in [2.45, 2.75) is 45.0 Å². The molecule has 66 valence electrons. The molecule has 0 amide bonds. The van der Waals surface area contributed by atoms with Crippen molar-refractivity contribution in [2.75, 3.05) is 6.61 Å². The Morgan fingerprint density at radius 3 is 2.36 bits per heavy atom. The highest BCUT2D eigenvalue weighted by atomic mass is 32.1. The summed E-state index contributed by atoms with van der Waals surface area (Å²) in [5.74, 6) is 0. The smallest absolute Gasteiger partial charge is 0.0633 e. The molecule has 11 heavy (non-hydrogen) atoms. The van der Waals surface area contributed by atoms with Crippen LogP contribution in [0.25, 0.3) is 0 Å². The monoisotopic (exact) mass is 174 g/mol. The molecule has 0 aromatic carbocycles. The van der Waals surface area contributed by atoms with Crippen LogP contribution in [0.5, 0.6) is 0 Å². The van der Waals surface area contributed by atoms with E-state index in [1.54, 1.807) is 0 Å². The standard InChI is InChI=1S/C9H18OS/c1-9(2,3)8-6-7(11)4-5-10-8/h7-8,11H,4-6H2,1-3H3. The predicted molar refractivity (Wildman–Crippen MR) is 51.2 cm³/mol. The van der Waals surface area contributed by atoms with E-state index in [1.165, 1.54) is 0 Å². The largest absolute Gasteiger partial charge is 0.378 e. The molecule has 1 fully saturated rings. The topological polar surface area (TPSA) is 9.23 Å². The van der Waals surface area contributed by atoms with E-state index in [0.717, 1.165) is 19.4 Å². The SMILES string of the molecule is CC(C)(C)C1CC(S)CCO1. The fourth-order valence-corrected chi connectivity index (χ4v) is 1.68. The molecule has 0 aromatic rings. The van der Waals surface area contributed by atoms with Crippen molar-refractivity contribution >= 4 is 12.6 Å². The molecule has 2 atom stereocenters. The van der Waals surface area contributed by atoms with Crippen molar-refractivity contribution in [3.63, 3.8) is 0 Å². The maximum Gasteiger partial charge on any atom is 0.0633 e. The normalized spacial score (nSPS) is 33.8. The maximum atomic E-state index is 5.66. The van der Waals surface area contributed by atoms with Gasteiger partial charge in [-0.2, -0.15) is 12.6 Å². The Bertz CT molecular complexity index is 128. The molecule has 1 rings (SSSR count). The molecule has 0 aromatic heterocycles. The van der Waals surface area contributed by atoms with Gasteiger partial charge in [0.25, 0.3) is 0 Å². The summed E-state index contributed by atoms with van der Waals surface area (Å²) >= 11 is 4.47. The Morgan fingerprint density at radius 2 is 2.00 bits per heavy atom. The van der Waals surface area contributed by atoms with E-state index in [4.69, 9.17) is 4.74 Å². The zero-order valence-electron chi connectivity index (χ0n) is 7.63. The van der Waals surface area contributed by atoms with Crippen molar-refractivity contribution in [1.29, 1.82) is 0 Å². The van der Waals surface area contributed by atoms with Gasteiger partial charge >= 0.3 is 0 Å². The minimum Gasteiger partial charge on any atom is -0.378 e. The van der Waals surface area contributed by atoms with Gasteiger partial charge in [0, 0.05) is 11.9 Å². The lowest BCUT2D eigenvalue weighted by Gasteiger charge is -2.36. The Kier molecular flexibility index (Phi) is 2.87. The first-order valence-corrected chi connectivity index (χ1v) is 4.81. The Hall–Kier alpha value is 0.310. The summed E-state index contributed by atoms with van der Waals surface area (Å²) in [6.45, 7) is 7.56. The van der Waals surface area contributed by atoms with Crippen LogP contribution >= 0.6 is 12.6 Å². The zero-order chi connectivity index (χ0) is 8.48. The lowest BCUT2D eigenvalue weighted by Crippen LogP contribution is -2.36. The zero-order valence-corrected chi connectivity index (χ0v) is 8.53. The maximum absolute atomic E-state index is 5.66. The van der Waals surface area contributed by atoms with Crippen molar-refractivity contribution in [1.82, 2.24) is 0 Å². The van der Waals surface area contributed by atoms with Gasteiger partial charge in [-0.15, -0.1) is 0 Å². The number of hydrogen-bond donors (Lipinski definition) is 1. The molecule has 2 heteroatoms. The molecule has 1 aliphatic rings. The molecule has 1 saturated heterocycles. The predicted octanol–water partition coefficient (Wildman–Crippen LogP) is 2.51. The first-order chi connectivity index (χ1) is 5.00. The average molecular weight is 174 g/mol. The molecule has 0 radical (unpaired) electrons. The van der Waals surface area contributed by atoms with Crippen molar-refractivity contribution < 1.29 is 4.74 Å². The van der Waals surface area contributed by atoms with Crippen LogP contribution in [0.1, 0.15) is 33.6 Å². The highest BCUT2D eigenvalue weighted by Crippen LogP contribution is 2.31. The van der Waals surface area contributed by atoms with Gasteiger partial charge < -0.3 is 4.74 Å². The first-order valence-electron chi connectivity index (χ1n) is 4.30. The lowest BCUT2D eigenvalue weighted by molar-refractivity contribution is -0.0449. The summed E-state index contributed by atoms with van der Waals surface area (Å²) < 4.78 is 5.66. The molecule has 2 unspecified atom stereocenters. The van der Waals surface area contributed by atoms with Gasteiger partial charge in [0.15, 0.2) is 0 Å². The molecule has 1 nitrogen and oxygen atoms in total. The Labute approximate surface area is 74.9 Å². The van der Waals surface area contributed by atoms with Gasteiger partial charge in [0.1, 0.15) is 0 Å². The summed E-state index contributed by atoms with van der Waals surface area (Å²) in [7, 11) is 0. The molecule has 0 bridgehead atoms. The lowest BCUT2D eigenvalue weighted by atomic mass is 9.85. The van der Waals surface area contributed by atoms with Crippen molar-refractivity contribution in [2.24, 2.45) is 5.41 Å². The molecule has 1 heterocycles. The highest BCUT2D eigenvalue weighted by Gasteiger charge is 2.30. The van der Waals surface area contributed by atoms with Crippen LogP contribution in [-0.2, 0) is 4.74 Å². The molecule has 0 spiro atoms. The van der Waals surface area contributed by atoms with Gasteiger partial charge in [-0.25, -0.2) is 0 Å². The Balaban J connectivity index is 2.46. The van der Waals surface area contributed by atoms with E-state index in [9.17, 15) is 0 Å². The summed E-state index contributed by atoms with van der Waals surface area (Å²) in [4.78, 5) is 0. The van der Waals surface area contributed by atoms with Gasteiger partial charge in [0.05, 0.1) is 6.10 Å². The molecular formula is C9H18OS. The van der Waals surface area contributed by atoms with Crippen LogP contribution in [0.3, 0.4) is 0 Å². The third-order valence-corrected chi connectivity index (χ3v) is 2.69. The van der Waals surface area contributed by atoms with Crippen LogP contribution in [-0.4, -0.2) is 18.0 Å². The van der Waals surface area contributed by atoms with Crippen LogP contribution in [0.4, 0.5) is 0 Å². The van der Waals surface area contributed by atoms with E-state index in [2.05, 4.69) is 33.4 Å². The van der Waals surface area contributed by atoms with Crippen LogP contribution in [0.2, 0.25) is 0 Å². The quantitative estimate of drug-likeness (QED) is 0.555. The second kappa shape index (κ2) is 3.36. The molecule has 0 N–H and O–H groups in total. The summed E-state index contributed by atoms with van der Waals surface area (Å²) in [5, 5.41) is 0.549. The Morgan fingerprint density at radius 1 is 1.36 bits per heavy atom. The van der Waals surface area contributed by atoms with Gasteiger partial charge in [0.2, 0.25) is 0 Å². The molecule has 1 aliphatic heterocycles.